The predicted molar refractivity (Wildman–Crippen MR) is 79.6 cm³/mol. The van der Waals surface area contributed by atoms with Gasteiger partial charge in [-0.15, -0.1) is 0 Å². The van der Waals surface area contributed by atoms with Gasteiger partial charge in [-0.2, -0.15) is 0 Å². The molecule has 0 spiro atoms. The van der Waals surface area contributed by atoms with E-state index >= 15 is 0 Å². The molecule has 20 heavy (non-hydrogen) atoms. The molecule has 0 aliphatic rings. The van der Waals surface area contributed by atoms with Crippen LogP contribution in [0.4, 0.5) is 0 Å². The third-order valence-electron chi connectivity index (χ3n) is 3.12. The number of aromatic nitrogens is 1. The third kappa shape index (κ3) is 5.57. The average molecular weight is 279 g/mol. The molecule has 5 nitrogen and oxygen atoms in total. The normalized spacial score (nSPS) is 13.6. The summed E-state index contributed by atoms with van der Waals surface area (Å²) in [4.78, 5) is 16.0. The maximum Gasteiger partial charge on any atom is 0.237 e. The summed E-state index contributed by atoms with van der Waals surface area (Å²) < 4.78 is 5.07. The number of rotatable bonds is 8. The molecule has 0 bridgehead atoms. The minimum atomic E-state index is -0.228. The monoisotopic (exact) mass is 279 g/mol. The second kappa shape index (κ2) is 8.53. The SMILES string of the molecule is CCCC(C)NC(=O)C(C)NCc1ccnc(OC)c1. The quantitative estimate of drug-likeness (QED) is 0.762. The Kier molecular flexibility index (Phi) is 7.01. The summed E-state index contributed by atoms with van der Waals surface area (Å²) in [5.41, 5.74) is 1.04. The van der Waals surface area contributed by atoms with Gasteiger partial charge in [0.15, 0.2) is 0 Å². The van der Waals surface area contributed by atoms with Gasteiger partial charge in [-0.3, -0.25) is 4.79 Å². The molecule has 0 fully saturated rings. The predicted octanol–water partition coefficient (Wildman–Crippen LogP) is 1.87. The Bertz CT molecular complexity index is 423. The Hall–Kier alpha value is -1.62. The standard InChI is InChI=1S/C15H25N3O2/c1-5-6-11(2)18-15(19)12(3)17-10-13-7-8-16-14(9-13)20-4/h7-9,11-12,17H,5-6,10H2,1-4H3,(H,18,19). The molecular weight excluding hydrogens is 254 g/mol. The molecule has 0 saturated carbocycles. The van der Waals surface area contributed by atoms with E-state index in [-0.39, 0.29) is 18.0 Å². The molecule has 2 N–H and O–H groups in total. The maximum absolute atomic E-state index is 12.0. The molecule has 1 aromatic heterocycles. The van der Waals surface area contributed by atoms with Crippen molar-refractivity contribution >= 4 is 5.91 Å². The molecule has 1 amide bonds. The van der Waals surface area contributed by atoms with Gasteiger partial charge in [0.05, 0.1) is 13.2 Å². The molecule has 2 unspecified atom stereocenters. The van der Waals surface area contributed by atoms with Crippen molar-refractivity contribution in [3.63, 3.8) is 0 Å². The lowest BCUT2D eigenvalue weighted by Gasteiger charge is -2.18. The van der Waals surface area contributed by atoms with Crippen LogP contribution in [0.2, 0.25) is 0 Å². The van der Waals surface area contributed by atoms with Gasteiger partial charge in [0, 0.05) is 24.8 Å². The number of pyridine rings is 1. The fourth-order valence-corrected chi connectivity index (χ4v) is 1.91. The van der Waals surface area contributed by atoms with Gasteiger partial charge in [-0.05, 0) is 31.9 Å². The van der Waals surface area contributed by atoms with E-state index in [0.29, 0.717) is 12.4 Å². The Morgan fingerprint density at radius 1 is 1.45 bits per heavy atom. The molecule has 0 aliphatic heterocycles. The second-order valence-corrected chi connectivity index (χ2v) is 5.01. The molecule has 5 heteroatoms. The highest BCUT2D eigenvalue weighted by Gasteiger charge is 2.14. The number of methoxy groups -OCH3 is 1. The number of carbonyl (C=O) groups excluding carboxylic acids is 1. The van der Waals surface area contributed by atoms with E-state index in [2.05, 4.69) is 22.5 Å². The minimum absolute atomic E-state index is 0.0342. The molecule has 1 aromatic rings. The van der Waals surface area contributed by atoms with Crippen LogP contribution in [0, 0.1) is 0 Å². The van der Waals surface area contributed by atoms with Crippen LogP contribution in [-0.4, -0.2) is 30.1 Å². The van der Waals surface area contributed by atoms with Crippen molar-refractivity contribution in [3.05, 3.63) is 23.9 Å². The summed E-state index contributed by atoms with van der Waals surface area (Å²) >= 11 is 0. The van der Waals surface area contributed by atoms with Gasteiger partial charge >= 0.3 is 0 Å². The highest BCUT2D eigenvalue weighted by molar-refractivity contribution is 5.81. The first-order valence-electron chi connectivity index (χ1n) is 7.09. The lowest BCUT2D eigenvalue weighted by molar-refractivity contribution is -0.123. The zero-order valence-electron chi connectivity index (χ0n) is 12.8. The molecule has 1 heterocycles. The lowest BCUT2D eigenvalue weighted by Crippen LogP contribution is -2.45. The first-order valence-corrected chi connectivity index (χ1v) is 7.09. The van der Waals surface area contributed by atoms with E-state index in [9.17, 15) is 4.79 Å². The van der Waals surface area contributed by atoms with Crippen LogP contribution in [0.15, 0.2) is 18.3 Å². The zero-order valence-corrected chi connectivity index (χ0v) is 12.8. The number of nitrogens with one attached hydrogen (secondary N) is 2. The fourth-order valence-electron chi connectivity index (χ4n) is 1.91. The zero-order chi connectivity index (χ0) is 15.0. The Balaban J connectivity index is 2.41. The summed E-state index contributed by atoms with van der Waals surface area (Å²) in [6.45, 7) is 6.62. The molecule has 2 atom stereocenters. The van der Waals surface area contributed by atoms with Crippen LogP contribution in [0.5, 0.6) is 5.88 Å². The largest absolute Gasteiger partial charge is 0.481 e. The molecule has 0 saturated heterocycles. The van der Waals surface area contributed by atoms with Crippen LogP contribution < -0.4 is 15.4 Å². The Morgan fingerprint density at radius 3 is 2.85 bits per heavy atom. The summed E-state index contributed by atoms with van der Waals surface area (Å²) in [7, 11) is 1.59. The minimum Gasteiger partial charge on any atom is -0.481 e. The van der Waals surface area contributed by atoms with Gasteiger partial charge in [0.1, 0.15) is 0 Å². The average Bonchev–Trinajstić information content (AvgIpc) is 2.45. The summed E-state index contributed by atoms with van der Waals surface area (Å²) in [5.74, 6) is 0.616. The number of hydrogen-bond acceptors (Lipinski definition) is 4. The summed E-state index contributed by atoms with van der Waals surface area (Å²) in [6.07, 6.45) is 3.77. The van der Waals surface area contributed by atoms with Crippen LogP contribution in [0.3, 0.4) is 0 Å². The van der Waals surface area contributed by atoms with E-state index in [0.717, 1.165) is 18.4 Å². The summed E-state index contributed by atoms with van der Waals surface area (Å²) in [5, 5.41) is 6.20. The van der Waals surface area contributed by atoms with E-state index in [4.69, 9.17) is 4.74 Å². The third-order valence-corrected chi connectivity index (χ3v) is 3.12. The van der Waals surface area contributed by atoms with Crippen molar-refractivity contribution < 1.29 is 9.53 Å². The van der Waals surface area contributed by atoms with E-state index in [1.54, 1.807) is 13.3 Å². The van der Waals surface area contributed by atoms with Gasteiger partial charge < -0.3 is 15.4 Å². The highest BCUT2D eigenvalue weighted by atomic mass is 16.5. The van der Waals surface area contributed by atoms with Crippen LogP contribution >= 0.6 is 0 Å². The lowest BCUT2D eigenvalue weighted by atomic mass is 10.2. The molecule has 0 radical (unpaired) electrons. The summed E-state index contributed by atoms with van der Waals surface area (Å²) in [6, 6.07) is 3.75. The van der Waals surface area contributed by atoms with Crippen molar-refractivity contribution in [3.8, 4) is 5.88 Å². The van der Waals surface area contributed by atoms with E-state index in [1.165, 1.54) is 0 Å². The molecule has 0 aliphatic carbocycles. The van der Waals surface area contributed by atoms with Crippen LogP contribution in [0.25, 0.3) is 0 Å². The number of nitrogens with zero attached hydrogens (tertiary/aromatic N) is 1. The van der Waals surface area contributed by atoms with Crippen LogP contribution in [0.1, 0.15) is 39.2 Å². The second-order valence-electron chi connectivity index (χ2n) is 5.01. The molecule has 1 rings (SSSR count). The van der Waals surface area contributed by atoms with Crippen molar-refractivity contribution in [2.75, 3.05) is 7.11 Å². The van der Waals surface area contributed by atoms with Crippen molar-refractivity contribution in [2.24, 2.45) is 0 Å². The van der Waals surface area contributed by atoms with Crippen molar-refractivity contribution in [1.29, 1.82) is 0 Å². The van der Waals surface area contributed by atoms with Gasteiger partial charge in [0.2, 0.25) is 11.8 Å². The van der Waals surface area contributed by atoms with E-state index < -0.39 is 0 Å². The molecule has 0 aromatic carbocycles. The smallest absolute Gasteiger partial charge is 0.237 e. The maximum atomic E-state index is 12.0. The number of ether oxygens (including phenoxy) is 1. The number of amides is 1. The Labute approximate surface area is 121 Å². The Morgan fingerprint density at radius 2 is 2.20 bits per heavy atom. The first-order chi connectivity index (χ1) is 9.56. The van der Waals surface area contributed by atoms with Crippen molar-refractivity contribution in [1.82, 2.24) is 15.6 Å². The van der Waals surface area contributed by atoms with Gasteiger partial charge in [-0.1, -0.05) is 13.3 Å². The highest BCUT2D eigenvalue weighted by Crippen LogP contribution is 2.08. The number of carbonyl (C=O) groups is 1. The topological polar surface area (TPSA) is 63.2 Å². The molecular formula is C15H25N3O2. The van der Waals surface area contributed by atoms with E-state index in [1.807, 2.05) is 26.0 Å². The van der Waals surface area contributed by atoms with Crippen LogP contribution in [-0.2, 0) is 11.3 Å². The number of hydrogen-bond donors (Lipinski definition) is 2. The first kappa shape index (κ1) is 16.4. The van der Waals surface area contributed by atoms with Crippen molar-refractivity contribution in [2.45, 2.75) is 52.2 Å². The fraction of sp³-hybridized carbons (Fsp3) is 0.600. The van der Waals surface area contributed by atoms with Gasteiger partial charge in [0.25, 0.3) is 0 Å². The van der Waals surface area contributed by atoms with Gasteiger partial charge in [-0.25, -0.2) is 4.98 Å². The molecule has 112 valence electrons.